The molecule has 0 saturated carbocycles. The van der Waals surface area contributed by atoms with E-state index in [1.54, 1.807) is 29.2 Å². The summed E-state index contributed by atoms with van der Waals surface area (Å²) in [5.74, 6) is 0.234. The molecule has 2 aromatic heterocycles. The van der Waals surface area contributed by atoms with Gasteiger partial charge in [0.15, 0.2) is 0 Å². The zero-order chi connectivity index (χ0) is 20.2. The highest BCUT2D eigenvalue weighted by molar-refractivity contribution is 5.69. The van der Waals surface area contributed by atoms with Crippen molar-refractivity contribution in [2.24, 2.45) is 7.05 Å². The molecule has 4 rings (SSSR count). The SMILES string of the molecule is Cn1cc(-c2cnc3c(c2)NCC(CNCCc2ccc(C#N)cc2F)O3)cn1. The van der Waals surface area contributed by atoms with Crippen molar-refractivity contribution >= 4 is 5.69 Å². The van der Waals surface area contributed by atoms with Crippen molar-refractivity contribution < 1.29 is 9.13 Å². The van der Waals surface area contributed by atoms with E-state index in [0.717, 1.165) is 16.8 Å². The summed E-state index contributed by atoms with van der Waals surface area (Å²) >= 11 is 0. The molecule has 7 nitrogen and oxygen atoms in total. The highest BCUT2D eigenvalue weighted by Crippen LogP contribution is 2.30. The number of hydrogen-bond acceptors (Lipinski definition) is 6. The van der Waals surface area contributed by atoms with E-state index in [0.29, 0.717) is 43.1 Å². The van der Waals surface area contributed by atoms with Gasteiger partial charge in [-0.3, -0.25) is 4.68 Å². The molecule has 1 atom stereocenters. The summed E-state index contributed by atoms with van der Waals surface area (Å²) in [6.07, 6.45) is 6.00. The number of aryl methyl sites for hydroxylation is 1. The zero-order valence-corrected chi connectivity index (χ0v) is 16.0. The lowest BCUT2D eigenvalue weighted by Crippen LogP contribution is -2.40. The number of nitrogens with zero attached hydrogens (tertiary/aromatic N) is 4. The van der Waals surface area contributed by atoms with Gasteiger partial charge < -0.3 is 15.4 Å². The van der Waals surface area contributed by atoms with Crippen molar-refractivity contribution in [2.75, 3.05) is 25.0 Å². The molecule has 3 heterocycles. The Labute approximate surface area is 168 Å². The van der Waals surface area contributed by atoms with Gasteiger partial charge in [-0.05, 0) is 36.7 Å². The van der Waals surface area contributed by atoms with Crippen LogP contribution in [-0.2, 0) is 13.5 Å². The van der Waals surface area contributed by atoms with E-state index in [-0.39, 0.29) is 11.9 Å². The molecule has 2 N–H and O–H groups in total. The smallest absolute Gasteiger partial charge is 0.237 e. The molecule has 1 aliphatic heterocycles. The number of rotatable bonds is 6. The summed E-state index contributed by atoms with van der Waals surface area (Å²) in [6.45, 7) is 1.89. The van der Waals surface area contributed by atoms with E-state index in [9.17, 15) is 4.39 Å². The maximum atomic E-state index is 13.9. The minimum Gasteiger partial charge on any atom is -0.470 e. The molecule has 1 aromatic carbocycles. The summed E-state index contributed by atoms with van der Waals surface area (Å²) in [6, 6.07) is 8.51. The van der Waals surface area contributed by atoms with E-state index >= 15 is 0 Å². The summed E-state index contributed by atoms with van der Waals surface area (Å²) in [7, 11) is 1.88. The monoisotopic (exact) mass is 392 g/mol. The number of pyridine rings is 1. The first kappa shape index (κ1) is 18.9. The van der Waals surface area contributed by atoms with Gasteiger partial charge in [-0.1, -0.05) is 6.07 Å². The molecule has 0 amide bonds. The van der Waals surface area contributed by atoms with Crippen LogP contribution in [0.4, 0.5) is 10.1 Å². The van der Waals surface area contributed by atoms with Gasteiger partial charge in [-0.2, -0.15) is 10.4 Å². The normalized spacial score (nSPS) is 15.1. The number of benzene rings is 1. The number of halogens is 1. The number of ether oxygens (including phenoxy) is 1. The molecule has 0 bridgehead atoms. The van der Waals surface area contributed by atoms with Crippen LogP contribution < -0.4 is 15.4 Å². The first-order chi connectivity index (χ1) is 14.1. The van der Waals surface area contributed by atoms with Crippen LogP contribution in [-0.4, -0.2) is 40.5 Å². The van der Waals surface area contributed by atoms with Crippen molar-refractivity contribution in [3.8, 4) is 23.1 Å². The molecule has 0 radical (unpaired) electrons. The fourth-order valence-corrected chi connectivity index (χ4v) is 3.24. The molecule has 0 fully saturated rings. The molecule has 148 valence electrons. The Balaban J connectivity index is 1.29. The molecule has 1 unspecified atom stereocenters. The maximum absolute atomic E-state index is 13.9. The zero-order valence-electron chi connectivity index (χ0n) is 16.0. The average molecular weight is 392 g/mol. The third-order valence-corrected chi connectivity index (χ3v) is 4.81. The second-order valence-electron chi connectivity index (χ2n) is 6.97. The largest absolute Gasteiger partial charge is 0.470 e. The van der Waals surface area contributed by atoms with E-state index in [1.807, 2.05) is 25.4 Å². The van der Waals surface area contributed by atoms with Gasteiger partial charge in [0.05, 0.1) is 30.1 Å². The van der Waals surface area contributed by atoms with Crippen LogP contribution in [0.15, 0.2) is 42.9 Å². The molecular weight excluding hydrogens is 371 g/mol. The van der Waals surface area contributed by atoms with E-state index in [1.165, 1.54) is 6.07 Å². The van der Waals surface area contributed by atoms with Crippen LogP contribution in [0.25, 0.3) is 11.1 Å². The van der Waals surface area contributed by atoms with Crippen LogP contribution >= 0.6 is 0 Å². The lowest BCUT2D eigenvalue weighted by atomic mass is 10.1. The van der Waals surface area contributed by atoms with Crippen molar-refractivity contribution in [2.45, 2.75) is 12.5 Å². The lowest BCUT2D eigenvalue weighted by Gasteiger charge is -2.27. The Kier molecular flexibility index (Phi) is 5.40. The number of fused-ring (bicyclic) bond motifs is 1. The van der Waals surface area contributed by atoms with Crippen LogP contribution in [0.2, 0.25) is 0 Å². The summed E-state index contributed by atoms with van der Waals surface area (Å²) < 4.78 is 21.6. The lowest BCUT2D eigenvalue weighted by molar-refractivity contribution is 0.194. The summed E-state index contributed by atoms with van der Waals surface area (Å²) in [4.78, 5) is 4.43. The molecule has 8 heteroatoms. The van der Waals surface area contributed by atoms with Crippen molar-refractivity contribution in [1.29, 1.82) is 5.26 Å². The van der Waals surface area contributed by atoms with Gasteiger partial charge in [0.25, 0.3) is 0 Å². The second-order valence-corrected chi connectivity index (χ2v) is 6.97. The molecule has 0 spiro atoms. The summed E-state index contributed by atoms with van der Waals surface area (Å²) in [5, 5.41) is 19.6. The van der Waals surface area contributed by atoms with Gasteiger partial charge in [0, 0.05) is 37.1 Å². The minimum atomic E-state index is -0.344. The van der Waals surface area contributed by atoms with Crippen molar-refractivity contribution in [3.63, 3.8) is 0 Å². The van der Waals surface area contributed by atoms with E-state index < -0.39 is 0 Å². The molecule has 1 aliphatic rings. The number of nitriles is 1. The van der Waals surface area contributed by atoms with Gasteiger partial charge >= 0.3 is 0 Å². The Morgan fingerprint density at radius 1 is 1.34 bits per heavy atom. The maximum Gasteiger partial charge on any atom is 0.237 e. The fraction of sp³-hybridized carbons (Fsp3) is 0.286. The van der Waals surface area contributed by atoms with Gasteiger partial charge in [0.1, 0.15) is 11.9 Å². The predicted octanol–water partition coefficient (Wildman–Crippen LogP) is 2.50. The van der Waals surface area contributed by atoms with Gasteiger partial charge in [-0.25, -0.2) is 9.37 Å². The highest BCUT2D eigenvalue weighted by atomic mass is 19.1. The van der Waals surface area contributed by atoms with Crippen LogP contribution in [0.1, 0.15) is 11.1 Å². The van der Waals surface area contributed by atoms with Crippen molar-refractivity contribution in [3.05, 3.63) is 59.8 Å². The first-order valence-electron chi connectivity index (χ1n) is 9.41. The Morgan fingerprint density at radius 2 is 2.24 bits per heavy atom. The van der Waals surface area contributed by atoms with E-state index in [2.05, 4.69) is 20.7 Å². The molecule has 3 aromatic rings. The second kappa shape index (κ2) is 8.29. The highest BCUT2D eigenvalue weighted by Gasteiger charge is 2.21. The quantitative estimate of drug-likeness (QED) is 0.627. The minimum absolute atomic E-state index is 0.0648. The third kappa shape index (κ3) is 4.36. The Hall–Kier alpha value is -3.44. The van der Waals surface area contributed by atoms with Crippen LogP contribution in [0.5, 0.6) is 5.88 Å². The van der Waals surface area contributed by atoms with E-state index in [4.69, 9.17) is 10.00 Å². The van der Waals surface area contributed by atoms with Crippen molar-refractivity contribution in [1.82, 2.24) is 20.1 Å². The topological polar surface area (TPSA) is 87.8 Å². The molecule has 29 heavy (non-hydrogen) atoms. The standard InChI is InChI=1S/C21H21FN6O/c1-28-13-17(10-27-28)16-7-20-21(26-9-16)29-18(12-25-20)11-24-5-4-15-3-2-14(8-23)6-19(15)22/h2-3,6-7,9-10,13,18,24-25H,4-5,11-12H2,1H3. The number of hydrogen-bond donors (Lipinski definition) is 2. The Morgan fingerprint density at radius 3 is 3.00 bits per heavy atom. The molecule has 0 saturated heterocycles. The number of nitrogens with one attached hydrogen (secondary N) is 2. The van der Waals surface area contributed by atoms with Crippen LogP contribution in [0.3, 0.4) is 0 Å². The van der Waals surface area contributed by atoms with Gasteiger partial charge in [-0.15, -0.1) is 0 Å². The number of anilines is 1. The fourth-order valence-electron chi connectivity index (χ4n) is 3.24. The summed E-state index contributed by atoms with van der Waals surface area (Å²) in [5.41, 5.74) is 3.77. The molecular formula is C21H21FN6O. The first-order valence-corrected chi connectivity index (χ1v) is 9.41. The van der Waals surface area contributed by atoms with Gasteiger partial charge in [0.2, 0.25) is 5.88 Å². The Bertz CT molecular complexity index is 1060. The average Bonchev–Trinajstić information content (AvgIpc) is 3.18. The number of aromatic nitrogens is 3. The third-order valence-electron chi connectivity index (χ3n) is 4.81. The predicted molar refractivity (Wildman–Crippen MR) is 107 cm³/mol. The molecule has 0 aliphatic carbocycles. The van der Waals surface area contributed by atoms with Crippen LogP contribution in [0, 0.1) is 17.1 Å².